The van der Waals surface area contributed by atoms with Crippen molar-refractivity contribution in [1.82, 2.24) is 10.3 Å². The van der Waals surface area contributed by atoms with Crippen molar-refractivity contribution in [3.05, 3.63) is 71.4 Å². The first-order valence-electron chi connectivity index (χ1n) is 9.16. The normalized spacial score (nSPS) is 20.2. The van der Waals surface area contributed by atoms with E-state index in [1.54, 1.807) is 7.11 Å². The number of benzene rings is 2. The quantitative estimate of drug-likeness (QED) is 0.754. The fourth-order valence-corrected chi connectivity index (χ4v) is 3.99. The summed E-state index contributed by atoms with van der Waals surface area (Å²) in [7, 11) is 1.68. The van der Waals surface area contributed by atoms with Crippen LogP contribution in [-0.4, -0.2) is 23.7 Å². The van der Waals surface area contributed by atoms with Gasteiger partial charge in [-0.15, -0.1) is 0 Å². The number of aromatic nitrogens is 1. The van der Waals surface area contributed by atoms with Crippen molar-refractivity contribution in [1.29, 1.82) is 0 Å². The molecule has 0 saturated carbocycles. The Morgan fingerprint density at radius 3 is 2.62 bits per heavy atom. The Labute approximate surface area is 153 Å². The number of pyridine rings is 1. The lowest BCUT2D eigenvalue weighted by molar-refractivity contribution is 0.280. The molecule has 4 heteroatoms. The molecule has 134 valence electrons. The summed E-state index contributed by atoms with van der Waals surface area (Å²) < 4.78 is 5.32. The average molecular weight is 348 g/mol. The van der Waals surface area contributed by atoms with Crippen LogP contribution in [0.15, 0.2) is 54.6 Å². The Balaban J connectivity index is 1.90. The van der Waals surface area contributed by atoms with Crippen molar-refractivity contribution in [3.8, 4) is 5.75 Å². The maximum atomic E-state index is 9.92. The maximum absolute atomic E-state index is 9.92. The molecule has 26 heavy (non-hydrogen) atoms. The summed E-state index contributed by atoms with van der Waals surface area (Å²) in [6, 6.07) is 18.3. The van der Waals surface area contributed by atoms with Gasteiger partial charge in [0.1, 0.15) is 5.75 Å². The Bertz CT molecular complexity index is 900. The van der Waals surface area contributed by atoms with Crippen LogP contribution in [0.25, 0.3) is 10.9 Å². The summed E-state index contributed by atoms with van der Waals surface area (Å²) in [5.74, 6) is 0.849. The van der Waals surface area contributed by atoms with E-state index in [9.17, 15) is 5.11 Å². The van der Waals surface area contributed by atoms with Crippen molar-refractivity contribution in [2.45, 2.75) is 31.4 Å². The summed E-state index contributed by atoms with van der Waals surface area (Å²) in [6.07, 6.45) is 3.29. The standard InChI is InChI=1S/C22H24N2O2/c1-26-18-10-8-17(9-11-18)22(12-4-5-13-23-22)21-14-16(15-25)19-6-2-3-7-20(19)24-21/h2-3,6-11,14,23,25H,4-5,12-13,15H2,1H3. The molecule has 1 atom stereocenters. The third kappa shape index (κ3) is 2.85. The minimum atomic E-state index is -0.335. The van der Waals surface area contributed by atoms with Crippen LogP contribution in [0.3, 0.4) is 0 Å². The molecule has 1 aliphatic heterocycles. The molecule has 0 amide bonds. The number of methoxy groups -OCH3 is 1. The van der Waals surface area contributed by atoms with Gasteiger partial charge in [0.15, 0.2) is 0 Å². The van der Waals surface area contributed by atoms with Crippen LogP contribution in [0.2, 0.25) is 0 Å². The number of piperidine rings is 1. The van der Waals surface area contributed by atoms with E-state index in [2.05, 4.69) is 23.5 Å². The zero-order valence-electron chi connectivity index (χ0n) is 15.0. The van der Waals surface area contributed by atoms with E-state index in [1.807, 2.05) is 36.4 Å². The lowest BCUT2D eigenvalue weighted by Gasteiger charge is -2.39. The van der Waals surface area contributed by atoms with Gasteiger partial charge in [0.25, 0.3) is 0 Å². The van der Waals surface area contributed by atoms with Crippen LogP contribution in [0.4, 0.5) is 0 Å². The minimum Gasteiger partial charge on any atom is -0.497 e. The van der Waals surface area contributed by atoms with E-state index in [4.69, 9.17) is 9.72 Å². The van der Waals surface area contributed by atoms with Crippen LogP contribution in [0.1, 0.15) is 36.1 Å². The number of aliphatic hydroxyl groups is 1. The second kappa shape index (κ2) is 7.06. The maximum Gasteiger partial charge on any atom is 0.118 e. The van der Waals surface area contributed by atoms with Gasteiger partial charge in [0.05, 0.1) is 30.5 Å². The molecule has 1 unspecified atom stereocenters. The number of ether oxygens (including phenoxy) is 1. The number of fused-ring (bicyclic) bond motifs is 1. The van der Waals surface area contributed by atoms with E-state index in [1.165, 1.54) is 12.0 Å². The summed E-state index contributed by atoms with van der Waals surface area (Å²) in [5, 5.41) is 14.7. The molecule has 0 radical (unpaired) electrons. The molecule has 1 fully saturated rings. The van der Waals surface area contributed by atoms with Gasteiger partial charge in [0.2, 0.25) is 0 Å². The number of rotatable bonds is 4. The highest BCUT2D eigenvalue weighted by molar-refractivity contribution is 5.82. The summed E-state index contributed by atoms with van der Waals surface area (Å²) in [5.41, 5.74) is 3.67. The Hall–Kier alpha value is -2.43. The van der Waals surface area contributed by atoms with Crippen molar-refractivity contribution in [2.75, 3.05) is 13.7 Å². The molecule has 4 nitrogen and oxygen atoms in total. The fourth-order valence-electron chi connectivity index (χ4n) is 3.99. The van der Waals surface area contributed by atoms with Crippen molar-refractivity contribution in [2.24, 2.45) is 0 Å². The molecule has 0 bridgehead atoms. The van der Waals surface area contributed by atoms with Gasteiger partial charge in [-0.25, -0.2) is 0 Å². The molecule has 0 spiro atoms. The van der Waals surface area contributed by atoms with Gasteiger partial charge in [-0.2, -0.15) is 0 Å². The first kappa shape index (κ1) is 17.0. The second-order valence-corrected chi connectivity index (χ2v) is 6.86. The molecule has 2 aromatic carbocycles. The molecular weight excluding hydrogens is 324 g/mol. The molecule has 0 aliphatic carbocycles. The van der Waals surface area contributed by atoms with Crippen molar-refractivity contribution >= 4 is 10.9 Å². The van der Waals surface area contributed by atoms with Crippen LogP contribution < -0.4 is 10.1 Å². The zero-order valence-corrected chi connectivity index (χ0v) is 15.0. The van der Waals surface area contributed by atoms with Crippen molar-refractivity contribution < 1.29 is 9.84 Å². The van der Waals surface area contributed by atoms with Crippen LogP contribution in [0.5, 0.6) is 5.75 Å². The summed E-state index contributed by atoms with van der Waals surface area (Å²) >= 11 is 0. The minimum absolute atomic E-state index is 0.00866. The number of nitrogens with one attached hydrogen (secondary N) is 1. The van der Waals surface area contributed by atoms with Crippen LogP contribution in [0, 0.1) is 0 Å². The predicted octanol–water partition coefficient (Wildman–Crippen LogP) is 3.75. The Kier molecular flexibility index (Phi) is 4.62. The Morgan fingerprint density at radius 1 is 1.12 bits per heavy atom. The number of nitrogens with zero attached hydrogens (tertiary/aromatic N) is 1. The lowest BCUT2D eigenvalue weighted by atomic mass is 9.78. The van der Waals surface area contributed by atoms with Gasteiger partial charge in [-0.05, 0) is 61.2 Å². The molecule has 2 N–H and O–H groups in total. The van der Waals surface area contributed by atoms with Crippen molar-refractivity contribution in [3.63, 3.8) is 0 Å². The third-order valence-electron chi connectivity index (χ3n) is 5.40. The fraction of sp³-hybridized carbons (Fsp3) is 0.318. The van der Waals surface area contributed by atoms with E-state index >= 15 is 0 Å². The van der Waals surface area contributed by atoms with E-state index in [-0.39, 0.29) is 12.1 Å². The predicted molar refractivity (Wildman–Crippen MR) is 103 cm³/mol. The molecule has 3 aromatic rings. The first-order chi connectivity index (χ1) is 12.8. The second-order valence-electron chi connectivity index (χ2n) is 6.86. The van der Waals surface area contributed by atoms with E-state index in [0.717, 1.165) is 47.3 Å². The van der Waals surface area contributed by atoms with Gasteiger partial charge in [0, 0.05) is 5.39 Å². The number of hydrogen-bond acceptors (Lipinski definition) is 4. The molecular formula is C22H24N2O2. The lowest BCUT2D eigenvalue weighted by Crippen LogP contribution is -2.47. The van der Waals surface area contributed by atoms with Crippen LogP contribution >= 0.6 is 0 Å². The summed E-state index contributed by atoms with van der Waals surface area (Å²) in [6.45, 7) is 0.962. The third-order valence-corrected chi connectivity index (χ3v) is 5.40. The highest BCUT2D eigenvalue weighted by Crippen LogP contribution is 2.38. The van der Waals surface area contributed by atoms with Gasteiger partial charge in [-0.1, -0.05) is 30.3 Å². The molecule has 1 saturated heterocycles. The molecule has 1 aliphatic rings. The SMILES string of the molecule is COc1ccc(C2(c3cc(CO)c4ccccc4n3)CCCCN2)cc1. The molecule has 1 aromatic heterocycles. The van der Waals surface area contributed by atoms with Gasteiger partial charge in [-0.3, -0.25) is 4.98 Å². The molecule has 4 rings (SSSR count). The number of hydrogen-bond donors (Lipinski definition) is 2. The number of para-hydroxylation sites is 1. The van der Waals surface area contributed by atoms with Crippen LogP contribution in [-0.2, 0) is 12.1 Å². The number of aliphatic hydroxyl groups excluding tert-OH is 1. The Morgan fingerprint density at radius 2 is 1.92 bits per heavy atom. The average Bonchev–Trinajstić information content (AvgIpc) is 2.73. The zero-order chi connectivity index (χ0) is 18.0. The smallest absolute Gasteiger partial charge is 0.118 e. The topological polar surface area (TPSA) is 54.4 Å². The monoisotopic (exact) mass is 348 g/mol. The first-order valence-corrected chi connectivity index (χ1v) is 9.16. The molecule has 2 heterocycles. The van der Waals surface area contributed by atoms with E-state index < -0.39 is 0 Å². The summed E-state index contributed by atoms with van der Waals surface area (Å²) in [4.78, 5) is 4.99. The van der Waals surface area contributed by atoms with E-state index in [0.29, 0.717) is 0 Å². The largest absolute Gasteiger partial charge is 0.497 e. The highest BCUT2D eigenvalue weighted by Gasteiger charge is 2.37. The van der Waals surface area contributed by atoms with Gasteiger partial charge < -0.3 is 15.2 Å². The van der Waals surface area contributed by atoms with Gasteiger partial charge >= 0.3 is 0 Å². The highest BCUT2D eigenvalue weighted by atomic mass is 16.5.